The predicted molar refractivity (Wildman–Crippen MR) is 49.9 cm³/mol. The van der Waals surface area contributed by atoms with E-state index in [2.05, 4.69) is 30.1 Å². The van der Waals surface area contributed by atoms with Gasteiger partial charge in [0.1, 0.15) is 5.82 Å². The van der Waals surface area contributed by atoms with Crippen LogP contribution in [0.5, 0.6) is 0 Å². The van der Waals surface area contributed by atoms with Crippen molar-refractivity contribution in [2.45, 2.75) is 25.5 Å². The van der Waals surface area contributed by atoms with Gasteiger partial charge in [0.05, 0.1) is 0 Å². The molecule has 2 nitrogen and oxygen atoms in total. The Hall–Kier alpha value is -0.440. The molecule has 0 aliphatic rings. The van der Waals surface area contributed by atoms with Crippen LogP contribution in [0.4, 0.5) is 0 Å². The average Bonchev–Trinajstić information content (AvgIpc) is 2.37. The number of rotatable bonds is 3. The van der Waals surface area contributed by atoms with Crippen LogP contribution in [0.1, 0.15) is 31.3 Å². The summed E-state index contributed by atoms with van der Waals surface area (Å²) in [6.45, 7) is 4.28. The monoisotopic (exact) mass is 170 g/mol. The molecule has 0 aliphatic heterocycles. The number of thioether (sulfide) groups is 1. The largest absolute Gasteiger partial charge is 0.345 e. The van der Waals surface area contributed by atoms with E-state index in [1.165, 1.54) is 5.69 Å². The minimum atomic E-state index is 0.505. The summed E-state index contributed by atoms with van der Waals surface area (Å²) in [5.41, 5.74) is 1.22. The third-order valence-electron chi connectivity index (χ3n) is 1.49. The number of aromatic nitrogens is 2. The van der Waals surface area contributed by atoms with Gasteiger partial charge in [-0.25, -0.2) is 4.98 Å². The molecule has 0 bridgehead atoms. The number of aromatic amines is 1. The lowest BCUT2D eigenvalue weighted by Gasteiger charge is -1.97. The first-order valence-corrected chi connectivity index (χ1v) is 5.16. The summed E-state index contributed by atoms with van der Waals surface area (Å²) in [6.07, 6.45) is 4.02. The van der Waals surface area contributed by atoms with Crippen LogP contribution in [0.2, 0.25) is 0 Å². The first-order valence-electron chi connectivity index (χ1n) is 3.76. The molecule has 1 N–H and O–H groups in total. The molecule has 0 radical (unpaired) electrons. The Morgan fingerprint density at radius 1 is 1.64 bits per heavy atom. The highest BCUT2D eigenvalue weighted by Crippen LogP contribution is 2.12. The van der Waals surface area contributed by atoms with Crippen molar-refractivity contribution in [1.82, 2.24) is 9.97 Å². The van der Waals surface area contributed by atoms with Gasteiger partial charge in [-0.2, -0.15) is 11.8 Å². The van der Waals surface area contributed by atoms with Gasteiger partial charge >= 0.3 is 0 Å². The van der Waals surface area contributed by atoms with Crippen molar-refractivity contribution < 1.29 is 0 Å². The van der Waals surface area contributed by atoms with E-state index in [1.54, 1.807) is 0 Å². The number of hydrogen-bond acceptors (Lipinski definition) is 2. The van der Waals surface area contributed by atoms with Crippen LogP contribution in [0.3, 0.4) is 0 Å². The fourth-order valence-electron chi connectivity index (χ4n) is 0.899. The lowest BCUT2D eigenvalue weighted by Crippen LogP contribution is -1.89. The molecule has 0 unspecified atom stereocenters. The average molecular weight is 170 g/mol. The van der Waals surface area contributed by atoms with E-state index in [1.807, 2.05) is 18.0 Å². The van der Waals surface area contributed by atoms with Gasteiger partial charge in [-0.05, 0) is 6.26 Å². The molecule has 0 fully saturated rings. The third-order valence-corrected chi connectivity index (χ3v) is 2.09. The number of imidazole rings is 1. The maximum atomic E-state index is 4.27. The standard InChI is InChI=1S/C8H14N2S/c1-6(2)8-9-4-7(10-8)5-11-3/h4,6H,5H2,1-3H3,(H,9,10). The molecule has 0 aromatic carbocycles. The summed E-state index contributed by atoms with van der Waals surface area (Å²) in [4.78, 5) is 7.55. The van der Waals surface area contributed by atoms with E-state index >= 15 is 0 Å². The summed E-state index contributed by atoms with van der Waals surface area (Å²) >= 11 is 1.81. The van der Waals surface area contributed by atoms with Crippen molar-refractivity contribution in [3.8, 4) is 0 Å². The normalized spacial score (nSPS) is 10.9. The first kappa shape index (κ1) is 8.65. The maximum Gasteiger partial charge on any atom is 0.108 e. The highest BCUT2D eigenvalue weighted by atomic mass is 32.2. The number of H-pyrrole nitrogens is 1. The van der Waals surface area contributed by atoms with Crippen LogP contribution in [-0.4, -0.2) is 16.2 Å². The molecule has 0 amide bonds. The van der Waals surface area contributed by atoms with Crippen LogP contribution >= 0.6 is 11.8 Å². The lowest BCUT2D eigenvalue weighted by atomic mass is 10.2. The van der Waals surface area contributed by atoms with E-state index in [0.717, 1.165) is 11.6 Å². The van der Waals surface area contributed by atoms with E-state index in [9.17, 15) is 0 Å². The highest BCUT2D eigenvalue weighted by Gasteiger charge is 2.02. The molecule has 0 aliphatic carbocycles. The van der Waals surface area contributed by atoms with Crippen molar-refractivity contribution in [3.05, 3.63) is 17.7 Å². The molecule has 1 heterocycles. The summed E-state index contributed by atoms with van der Waals surface area (Å²) in [7, 11) is 0. The lowest BCUT2D eigenvalue weighted by molar-refractivity contribution is 0.791. The zero-order valence-electron chi connectivity index (χ0n) is 7.22. The van der Waals surface area contributed by atoms with Gasteiger partial charge in [0.15, 0.2) is 0 Å². The van der Waals surface area contributed by atoms with Gasteiger partial charge in [-0.15, -0.1) is 0 Å². The highest BCUT2D eigenvalue weighted by molar-refractivity contribution is 7.97. The molecule has 0 spiro atoms. The first-order chi connectivity index (χ1) is 5.24. The van der Waals surface area contributed by atoms with E-state index in [4.69, 9.17) is 0 Å². The van der Waals surface area contributed by atoms with Crippen LogP contribution in [0, 0.1) is 0 Å². The zero-order chi connectivity index (χ0) is 8.27. The Morgan fingerprint density at radius 2 is 2.36 bits per heavy atom. The summed E-state index contributed by atoms with van der Waals surface area (Å²) in [5, 5.41) is 0. The summed E-state index contributed by atoms with van der Waals surface area (Å²) in [5.74, 6) is 2.62. The van der Waals surface area contributed by atoms with Crippen LogP contribution < -0.4 is 0 Å². The van der Waals surface area contributed by atoms with Crippen molar-refractivity contribution in [2.75, 3.05) is 6.26 Å². The molecule has 11 heavy (non-hydrogen) atoms. The van der Waals surface area contributed by atoms with Crippen molar-refractivity contribution in [3.63, 3.8) is 0 Å². The second kappa shape index (κ2) is 3.81. The van der Waals surface area contributed by atoms with E-state index in [0.29, 0.717) is 5.92 Å². The second-order valence-corrected chi connectivity index (χ2v) is 3.75. The molecule has 0 saturated carbocycles. The number of hydrogen-bond donors (Lipinski definition) is 1. The Labute approximate surface area is 71.8 Å². The third kappa shape index (κ3) is 2.26. The topological polar surface area (TPSA) is 28.7 Å². The summed E-state index contributed by atoms with van der Waals surface area (Å²) in [6, 6.07) is 0. The number of nitrogens with zero attached hydrogens (tertiary/aromatic N) is 1. The van der Waals surface area contributed by atoms with Gasteiger partial charge in [-0.1, -0.05) is 13.8 Å². The van der Waals surface area contributed by atoms with E-state index in [-0.39, 0.29) is 0 Å². The van der Waals surface area contributed by atoms with Crippen LogP contribution in [0.15, 0.2) is 6.20 Å². The van der Waals surface area contributed by atoms with Gasteiger partial charge in [0.25, 0.3) is 0 Å². The van der Waals surface area contributed by atoms with Gasteiger partial charge in [0.2, 0.25) is 0 Å². The maximum absolute atomic E-state index is 4.27. The Balaban J connectivity index is 2.66. The Bertz CT molecular complexity index is 218. The number of nitrogens with one attached hydrogen (secondary N) is 1. The smallest absolute Gasteiger partial charge is 0.108 e. The van der Waals surface area contributed by atoms with Gasteiger partial charge in [0, 0.05) is 23.6 Å². The quantitative estimate of drug-likeness (QED) is 0.754. The van der Waals surface area contributed by atoms with Gasteiger partial charge in [-0.3, -0.25) is 0 Å². The molecule has 62 valence electrons. The van der Waals surface area contributed by atoms with Crippen molar-refractivity contribution in [1.29, 1.82) is 0 Å². The van der Waals surface area contributed by atoms with Gasteiger partial charge < -0.3 is 4.98 Å². The molecule has 3 heteroatoms. The SMILES string of the molecule is CSCc1cnc(C(C)C)[nH]1. The zero-order valence-corrected chi connectivity index (χ0v) is 8.03. The molecule has 1 aromatic rings. The fraction of sp³-hybridized carbons (Fsp3) is 0.625. The Morgan fingerprint density at radius 3 is 2.82 bits per heavy atom. The fourth-order valence-corrected chi connectivity index (χ4v) is 1.36. The molecule has 0 atom stereocenters. The predicted octanol–water partition coefficient (Wildman–Crippen LogP) is 2.40. The van der Waals surface area contributed by atoms with E-state index < -0.39 is 0 Å². The van der Waals surface area contributed by atoms with Crippen LogP contribution in [0.25, 0.3) is 0 Å². The van der Waals surface area contributed by atoms with Crippen LogP contribution in [-0.2, 0) is 5.75 Å². The summed E-state index contributed by atoms with van der Waals surface area (Å²) < 4.78 is 0. The second-order valence-electron chi connectivity index (χ2n) is 2.88. The minimum Gasteiger partial charge on any atom is -0.345 e. The molecule has 1 rings (SSSR count). The molecular weight excluding hydrogens is 156 g/mol. The Kier molecular flexibility index (Phi) is 3.00. The van der Waals surface area contributed by atoms with Crippen molar-refractivity contribution in [2.24, 2.45) is 0 Å². The van der Waals surface area contributed by atoms with Crippen molar-refractivity contribution >= 4 is 11.8 Å². The molecular formula is C8H14N2S. The molecule has 1 aromatic heterocycles. The molecule has 0 saturated heterocycles. The minimum absolute atomic E-state index is 0.505.